The highest BCUT2D eigenvalue weighted by atomic mass is 16.5. The Hall–Kier alpha value is -2.31. The molecule has 1 aromatic rings. The van der Waals surface area contributed by atoms with Crippen molar-refractivity contribution in [3.05, 3.63) is 23.9 Å². The number of carboxylic acids is 1. The van der Waals surface area contributed by atoms with Crippen LogP contribution in [0, 0.1) is 0 Å². The Labute approximate surface area is 122 Å². The first kappa shape index (κ1) is 15.1. The van der Waals surface area contributed by atoms with Crippen molar-refractivity contribution in [2.45, 2.75) is 31.8 Å². The maximum absolute atomic E-state index is 12.2. The van der Waals surface area contributed by atoms with E-state index in [-0.39, 0.29) is 6.03 Å². The molecular formula is C14H19N3O4. The minimum absolute atomic E-state index is 0.294. The number of likely N-dealkylation sites (tertiary alicyclic amines) is 1. The molecule has 2 N–H and O–H groups in total. The Kier molecular flexibility index (Phi) is 4.30. The van der Waals surface area contributed by atoms with E-state index < -0.39 is 11.5 Å². The molecule has 1 atom stereocenters. The second kappa shape index (κ2) is 5.99. The van der Waals surface area contributed by atoms with Crippen molar-refractivity contribution in [1.82, 2.24) is 15.2 Å². The van der Waals surface area contributed by atoms with Crippen LogP contribution in [0.3, 0.4) is 0 Å². The molecule has 0 bridgehead atoms. The van der Waals surface area contributed by atoms with Crippen molar-refractivity contribution in [3.63, 3.8) is 0 Å². The molecule has 2 amide bonds. The van der Waals surface area contributed by atoms with Gasteiger partial charge in [0.25, 0.3) is 0 Å². The number of nitrogens with zero attached hydrogens (tertiary/aromatic N) is 2. The molecule has 114 valence electrons. The van der Waals surface area contributed by atoms with Crippen LogP contribution in [0.2, 0.25) is 0 Å². The van der Waals surface area contributed by atoms with Gasteiger partial charge in [0, 0.05) is 25.4 Å². The summed E-state index contributed by atoms with van der Waals surface area (Å²) in [6, 6.07) is 3.14. The smallest absolute Gasteiger partial charge is 0.329 e. The van der Waals surface area contributed by atoms with Crippen LogP contribution >= 0.6 is 0 Å². The highest BCUT2D eigenvalue weighted by Gasteiger charge is 2.45. The first-order chi connectivity index (χ1) is 9.97. The normalized spacial score (nSPS) is 21.1. The summed E-state index contributed by atoms with van der Waals surface area (Å²) >= 11 is 0. The number of aliphatic carboxylic acids is 1. The van der Waals surface area contributed by atoms with Crippen molar-refractivity contribution in [1.29, 1.82) is 0 Å². The maximum Gasteiger partial charge on any atom is 0.329 e. The zero-order valence-corrected chi connectivity index (χ0v) is 12.1. The monoisotopic (exact) mass is 293 g/mol. The molecule has 1 fully saturated rings. The number of ether oxygens (including phenoxy) is 1. The predicted molar refractivity (Wildman–Crippen MR) is 75.0 cm³/mol. The number of amides is 2. The Morgan fingerprint density at radius 2 is 2.29 bits per heavy atom. The van der Waals surface area contributed by atoms with Crippen LogP contribution < -0.4 is 10.1 Å². The Morgan fingerprint density at radius 1 is 1.52 bits per heavy atom. The van der Waals surface area contributed by atoms with Crippen LogP contribution in [-0.2, 0) is 11.3 Å². The molecule has 2 heterocycles. The molecule has 2 rings (SSSR count). The molecule has 0 radical (unpaired) electrons. The molecule has 7 nitrogen and oxygen atoms in total. The SMILES string of the molecule is COc1ccc(CNC(=O)N2CCCC2(C)C(=O)O)cn1. The molecule has 21 heavy (non-hydrogen) atoms. The van der Waals surface area contributed by atoms with Gasteiger partial charge in [-0.2, -0.15) is 0 Å². The van der Waals surface area contributed by atoms with Crippen molar-refractivity contribution in [3.8, 4) is 5.88 Å². The molecule has 1 aliphatic heterocycles. The summed E-state index contributed by atoms with van der Waals surface area (Å²) in [5.41, 5.74) is -0.303. The second-order valence-corrected chi connectivity index (χ2v) is 5.20. The van der Waals surface area contributed by atoms with Gasteiger partial charge in [0.2, 0.25) is 5.88 Å². The fourth-order valence-corrected chi connectivity index (χ4v) is 2.42. The number of rotatable bonds is 4. The lowest BCUT2D eigenvalue weighted by Gasteiger charge is -2.31. The lowest BCUT2D eigenvalue weighted by Crippen LogP contribution is -2.53. The molecule has 1 aromatic heterocycles. The lowest BCUT2D eigenvalue weighted by atomic mass is 10.00. The Balaban J connectivity index is 1.96. The standard InChI is InChI=1S/C14H19N3O4/c1-14(12(18)19)6-3-7-17(14)13(20)16-9-10-4-5-11(21-2)15-8-10/h4-5,8H,3,6-7,9H2,1-2H3,(H,16,20)(H,18,19). The van der Waals surface area contributed by atoms with Crippen LogP contribution in [0.1, 0.15) is 25.3 Å². The van der Waals surface area contributed by atoms with E-state index in [1.165, 1.54) is 12.0 Å². The van der Waals surface area contributed by atoms with Gasteiger partial charge in [0.1, 0.15) is 5.54 Å². The zero-order valence-electron chi connectivity index (χ0n) is 12.1. The summed E-state index contributed by atoms with van der Waals surface area (Å²) in [5.74, 6) is -0.468. The summed E-state index contributed by atoms with van der Waals surface area (Å²) in [6.07, 6.45) is 2.78. The van der Waals surface area contributed by atoms with Gasteiger partial charge in [0.15, 0.2) is 0 Å². The Morgan fingerprint density at radius 3 is 2.86 bits per heavy atom. The van der Waals surface area contributed by atoms with Gasteiger partial charge in [-0.25, -0.2) is 14.6 Å². The molecule has 0 aliphatic carbocycles. The average Bonchev–Trinajstić information content (AvgIpc) is 2.89. The molecule has 1 aliphatic rings. The predicted octanol–water partition coefficient (Wildman–Crippen LogP) is 1.24. The van der Waals surface area contributed by atoms with E-state index in [2.05, 4.69) is 10.3 Å². The van der Waals surface area contributed by atoms with Gasteiger partial charge in [-0.3, -0.25) is 0 Å². The van der Waals surface area contributed by atoms with E-state index in [9.17, 15) is 14.7 Å². The molecule has 0 aromatic carbocycles. The third-order valence-electron chi connectivity index (χ3n) is 3.80. The van der Waals surface area contributed by atoms with E-state index in [1.807, 2.05) is 0 Å². The number of hydrogen-bond donors (Lipinski definition) is 2. The summed E-state index contributed by atoms with van der Waals surface area (Å²) in [5, 5.41) is 12.0. The van der Waals surface area contributed by atoms with E-state index >= 15 is 0 Å². The van der Waals surface area contributed by atoms with Gasteiger partial charge >= 0.3 is 12.0 Å². The van der Waals surface area contributed by atoms with Gasteiger partial charge in [0.05, 0.1) is 7.11 Å². The molecule has 1 saturated heterocycles. The number of methoxy groups -OCH3 is 1. The van der Waals surface area contributed by atoms with Gasteiger partial charge in [-0.1, -0.05) is 6.07 Å². The fraction of sp³-hybridized carbons (Fsp3) is 0.500. The average molecular weight is 293 g/mol. The number of carboxylic acid groups (broad SMARTS) is 1. The fourth-order valence-electron chi connectivity index (χ4n) is 2.42. The van der Waals surface area contributed by atoms with Gasteiger partial charge in [-0.05, 0) is 25.3 Å². The van der Waals surface area contributed by atoms with Crippen molar-refractivity contribution < 1.29 is 19.4 Å². The number of pyridine rings is 1. The third-order valence-corrected chi connectivity index (χ3v) is 3.80. The summed E-state index contributed by atoms with van der Waals surface area (Å²) in [7, 11) is 1.53. The number of carbonyl (C=O) groups excluding carboxylic acids is 1. The maximum atomic E-state index is 12.2. The van der Waals surface area contributed by atoms with E-state index in [0.29, 0.717) is 31.8 Å². The first-order valence-electron chi connectivity index (χ1n) is 6.75. The summed E-state index contributed by atoms with van der Waals surface area (Å²) in [6.45, 7) is 2.33. The van der Waals surface area contributed by atoms with Gasteiger partial charge < -0.3 is 20.1 Å². The first-order valence-corrected chi connectivity index (χ1v) is 6.75. The number of hydrogen-bond acceptors (Lipinski definition) is 4. The van der Waals surface area contributed by atoms with Crippen molar-refractivity contribution in [2.75, 3.05) is 13.7 Å². The lowest BCUT2D eigenvalue weighted by molar-refractivity contribution is -0.147. The number of nitrogens with one attached hydrogen (secondary N) is 1. The van der Waals surface area contributed by atoms with Gasteiger partial charge in [-0.15, -0.1) is 0 Å². The van der Waals surface area contributed by atoms with Crippen LogP contribution in [0.25, 0.3) is 0 Å². The van der Waals surface area contributed by atoms with Crippen molar-refractivity contribution >= 4 is 12.0 Å². The third kappa shape index (κ3) is 3.07. The second-order valence-electron chi connectivity index (χ2n) is 5.20. The molecule has 1 unspecified atom stereocenters. The van der Waals surface area contributed by atoms with Crippen LogP contribution in [0.4, 0.5) is 4.79 Å². The zero-order chi connectivity index (χ0) is 15.5. The van der Waals surface area contributed by atoms with Crippen LogP contribution in [0.15, 0.2) is 18.3 Å². The topological polar surface area (TPSA) is 91.8 Å². The number of carbonyl (C=O) groups is 2. The quantitative estimate of drug-likeness (QED) is 0.871. The largest absolute Gasteiger partial charge is 0.481 e. The van der Waals surface area contributed by atoms with Crippen LogP contribution in [-0.4, -0.2) is 46.2 Å². The summed E-state index contributed by atoms with van der Waals surface area (Å²) < 4.78 is 4.96. The van der Waals surface area contributed by atoms with Crippen LogP contribution in [0.5, 0.6) is 5.88 Å². The molecular weight excluding hydrogens is 274 g/mol. The minimum atomic E-state index is -1.12. The molecule has 7 heteroatoms. The summed E-state index contributed by atoms with van der Waals surface area (Å²) in [4.78, 5) is 28.9. The van der Waals surface area contributed by atoms with E-state index in [0.717, 1.165) is 5.56 Å². The highest BCUT2D eigenvalue weighted by Crippen LogP contribution is 2.29. The minimum Gasteiger partial charge on any atom is -0.481 e. The number of aromatic nitrogens is 1. The van der Waals surface area contributed by atoms with E-state index in [1.54, 1.807) is 25.3 Å². The van der Waals surface area contributed by atoms with Crippen molar-refractivity contribution in [2.24, 2.45) is 0 Å². The molecule has 0 saturated carbocycles. The molecule has 0 spiro atoms. The number of urea groups is 1. The Bertz CT molecular complexity index is 532. The van der Waals surface area contributed by atoms with E-state index in [4.69, 9.17) is 4.74 Å². The highest BCUT2D eigenvalue weighted by molar-refractivity contribution is 5.86.